The largest absolute Gasteiger partial charge is 0.491 e. The molecular formula is C27H34N2O14. The summed E-state index contributed by atoms with van der Waals surface area (Å²) in [4.78, 5) is 59.1. The number of rotatable bonds is 15. The quantitative estimate of drug-likeness (QED) is 0.0830. The van der Waals surface area contributed by atoms with Crippen molar-refractivity contribution in [3.8, 4) is 11.5 Å². The van der Waals surface area contributed by atoms with Gasteiger partial charge in [-0.15, -0.1) is 0 Å². The van der Waals surface area contributed by atoms with Crippen molar-refractivity contribution in [3.63, 3.8) is 0 Å². The van der Waals surface area contributed by atoms with Crippen LogP contribution in [0.3, 0.4) is 0 Å². The van der Waals surface area contributed by atoms with Gasteiger partial charge >= 0.3 is 11.9 Å². The Hall–Kier alpha value is -4.09. The Morgan fingerprint density at radius 3 is 2.35 bits per heavy atom. The topological polar surface area (TPSA) is 228 Å². The van der Waals surface area contributed by atoms with Crippen LogP contribution in [0.5, 0.6) is 11.5 Å². The van der Waals surface area contributed by atoms with E-state index in [1.54, 1.807) is 13.8 Å². The molecule has 1 aromatic carbocycles. The predicted molar refractivity (Wildman–Crippen MR) is 141 cm³/mol. The molecule has 3 amide bonds. The van der Waals surface area contributed by atoms with Gasteiger partial charge in [0, 0.05) is 30.3 Å². The van der Waals surface area contributed by atoms with Crippen LogP contribution in [0.4, 0.5) is 0 Å². The van der Waals surface area contributed by atoms with Crippen LogP contribution in [-0.2, 0) is 44.8 Å². The van der Waals surface area contributed by atoms with Gasteiger partial charge in [0.2, 0.25) is 12.2 Å². The Kier molecular flexibility index (Phi) is 12.0. The minimum atomic E-state index is -1.88. The van der Waals surface area contributed by atoms with E-state index in [0.717, 1.165) is 17.1 Å². The molecule has 0 spiro atoms. The van der Waals surface area contributed by atoms with E-state index in [4.69, 9.17) is 23.7 Å². The number of carbonyl (C=O) groups is 5. The molecule has 2 aliphatic rings. The Labute approximate surface area is 245 Å². The zero-order valence-corrected chi connectivity index (χ0v) is 23.4. The third-order valence-electron chi connectivity index (χ3n) is 6.20. The van der Waals surface area contributed by atoms with E-state index in [-0.39, 0.29) is 50.4 Å². The van der Waals surface area contributed by atoms with Crippen LogP contribution < -0.4 is 14.8 Å². The Morgan fingerprint density at radius 1 is 1.00 bits per heavy atom. The highest BCUT2D eigenvalue weighted by Crippen LogP contribution is 2.30. The van der Waals surface area contributed by atoms with E-state index in [1.807, 2.05) is 0 Å². The number of benzene rings is 1. The van der Waals surface area contributed by atoms with Crippen LogP contribution in [-0.4, -0.2) is 119 Å². The van der Waals surface area contributed by atoms with Gasteiger partial charge in [0.15, 0.2) is 6.10 Å². The molecule has 43 heavy (non-hydrogen) atoms. The van der Waals surface area contributed by atoms with E-state index < -0.39 is 66.9 Å². The van der Waals surface area contributed by atoms with Crippen molar-refractivity contribution >= 4 is 29.7 Å². The minimum absolute atomic E-state index is 0.000470. The normalized spacial score (nSPS) is 23.4. The number of ether oxygens (including phenoxy) is 5. The SMILES string of the molecule is CC(C)C(=O)OCc1ccc(O[C@@H]2O[C@H](C(=O)O)[C@@H](O)[C@H](O)[C@H]2O)cc1OCCOCCNC(=O)CN1C(=O)C=CC1=O. The summed E-state index contributed by atoms with van der Waals surface area (Å²) < 4.78 is 27.2. The Balaban J connectivity index is 1.54. The van der Waals surface area contributed by atoms with Gasteiger partial charge in [-0.2, -0.15) is 0 Å². The van der Waals surface area contributed by atoms with Crippen LogP contribution in [0, 0.1) is 5.92 Å². The van der Waals surface area contributed by atoms with Crippen LogP contribution in [0.2, 0.25) is 0 Å². The van der Waals surface area contributed by atoms with Gasteiger partial charge in [-0.05, 0) is 12.1 Å². The van der Waals surface area contributed by atoms with Gasteiger partial charge in [-0.25, -0.2) is 4.79 Å². The van der Waals surface area contributed by atoms with Crippen molar-refractivity contribution in [3.05, 3.63) is 35.9 Å². The molecule has 0 bridgehead atoms. The number of imide groups is 1. The van der Waals surface area contributed by atoms with Gasteiger partial charge in [0.25, 0.3) is 11.8 Å². The number of aliphatic hydroxyl groups excluding tert-OH is 3. The Bertz CT molecular complexity index is 1200. The summed E-state index contributed by atoms with van der Waals surface area (Å²) in [5.74, 6) is -3.81. The monoisotopic (exact) mass is 610 g/mol. The average Bonchev–Trinajstić information content (AvgIpc) is 3.27. The zero-order chi connectivity index (χ0) is 31.7. The number of nitrogens with zero attached hydrogens (tertiary/aromatic N) is 1. The molecule has 1 saturated heterocycles. The van der Waals surface area contributed by atoms with Crippen LogP contribution in [0.25, 0.3) is 0 Å². The summed E-state index contributed by atoms with van der Waals surface area (Å²) in [6.45, 7) is 3.04. The number of hydrogen-bond donors (Lipinski definition) is 5. The van der Waals surface area contributed by atoms with Crippen molar-refractivity contribution in [2.75, 3.05) is 32.9 Å². The van der Waals surface area contributed by atoms with Gasteiger partial charge in [-0.3, -0.25) is 24.1 Å². The maximum Gasteiger partial charge on any atom is 0.335 e. The van der Waals surface area contributed by atoms with E-state index in [1.165, 1.54) is 18.2 Å². The molecular weight excluding hydrogens is 576 g/mol. The number of amides is 3. The molecule has 0 radical (unpaired) electrons. The van der Waals surface area contributed by atoms with E-state index >= 15 is 0 Å². The fourth-order valence-corrected chi connectivity index (χ4v) is 3.82. The highest BCUT2D eigenvalue weighted by atomic mass is 16.7. The maximum absolute atomic E-state index is 12.0. The van der Waals surface area contributed by atoms with Crippen molar-refractivity contribution in [1.29, 1.82) is 0 Å². The lowest BCUT2D eigenvalue weighted by Crippen LogP contribution is -2.61. The average molecular weight is 611 g/mol. The highest BCUT2D eigenvalue weighted by Gasteiger charge is 2.48. The van der Waals surface area contributed by atoms with Crippen LogP contribution in [0.1, 0.15) is 19.4 Å². The molecule has 16 heteroatoms. The van der Waals surface area contributed by atoms with Crippen LogP contribution in [0.15, 0.2) is 30.4 Å². The number of aliphatic carboxylic acids is 1. The molecule has 5 N–H and O–H groups in total. The molecule has 1 fully saturated rings. The van der Waals surface area contributed by atoms with E-state index in [0.29, 0.717) is 5.56 Å². The molecule has 2 heterocycles. The van der Waals surface area contributed by atoms with Gasteiger partial charge < -0.3 is 49.4 Å². The minimum Gasteiger partial charge on any atom is -0.491 e. The molecule has 16 nitrogen and oxygen atoms in total. The summed E-state index contributed by atoms with van der Waals surface area (Å²) in [5.41, 5.74) is 0.443. The first-order chi connectivity index (χ1) is 20.4. The Morgan fingerprint density at radius 2 is 1.70 bits per heavy atom. The molecule has 0 saturated carbocycles. The van der Waals surface area contributed by atoms with E-state index in [9.17, 15) is 44.4 Å². The number of hydrogen-bond acceptors (Lipinski definition) is 13. The second-order valence-corrected chi connectivity index (χ2v) is 9.79. The number of nitrogens with one attached hydrogen (secondary N) is 1. The third-order valence-corrected chi connectivity index (χ3v) is 6.20. The number of carboxylic acid groups (broad SMARTS) is 1. The number of carboxylic acids is 1. The molecule has 0 aliphatic carbocycles. The van der Waals surface area contributed by atoms with Gasteiger partial charge in [0.1, 0.15) is 49.6 Å². The summed E-state index contributed by atoms with van der Waals surface area (Å²) >= 11 is 0. The summed E-state index contributed by atoms with van der Waals surface area (Å²) in [5, 5.41) is 41.9. The molecule has 2 aliphatic heterocycles. The standard InChI is InChI=1S/C27H34N2O14/c1-14(2)26(38)41-13-15-3-4-16(42-27-23(35)21(33)22(34)24(43-27)25(36)37)11-17(15)40-10-9-39-8-7-28-18(30)12-29-19(31)5-6-20(29)32/h3-6,11,14,21-24,27,33-35H,7-10,12-13H2,1-2H3,(H,28,30)(H,36,37)/t21-,22-,23+,24-,27+/m0/s1. The smallest absolute Gasteiger partial charge is 0.335 e. The molecule has 1 aromatic rings. The van der Waals surface area contributed by atoms with Gasteiger partial charge in [0.05, 0.1) is 19.1 Å². The summed E-state index contributed by atoms with van der Waals surface area (Å²) in [7, 11) is 0. The lowest BCUT2D eigenvalue weighted by atomic mass is 9.99. The van der Waals surface area contributed by atoms with Crippen molar-refractivity contribution in [2.24, 2.45) is 5.92 Å². The molecule has 3 rings (SSSR count). The van der Waals surface area contributed by atoms with Crippen molar-refractivity contribution in [2.45, 2.75) is 51.2 Å². The number of aliphatic hydroxyl groups is 3. The first-order valence-electron chi connectivity index (χ1n) is 13.3. The highest BCUT2D eigenvalue weighted by molar-refractivity contribution is 6.14. The molecule has 236 valence electrons. The zero-order valence-electron chi connectivity index (χ0n) is 23.4. The first-order valence-corrected chi connectivity index (χ1v) is 13.3. The fraction of sp³-hybridized carbons (Fsp3) is 0.519. The number of esters is 1. The third kappa shape index (κ3) is 9.20. The second kappa shape index (κ2) is 15.4. The second-order valence-electron chi connectivity index (χ2n) is 9.79. The van der Waals surface area contributed by atoms with Gasteiger partial charge in [-0.1, -0.05) is 13.8 Å². The molecule has 5 atom stereocenters. The van der Waals surface area contributed by atoms with Crippen molar-refractivity contribution < 1.29 is 68.1 Å². The first kappa shape index (κ1) is 33.4. The van der Waals surface area contributed by atoms with Crippen molar-refractivity contribution in [1.82, 2.24) is 10.2 Å². The van der Waals surface area contributed by atoms with Crippen LogP contribution >= 0.6 is 0 Å². The predicted octanol–water partition coefficient (Wildman–Crippen LogP) is -1.91. The fourth-order valence-electron chi connectivity index (χ4n) is 3.82. The summed E-state index contributed by atoms with van der Waals surface area (Å²) in [6, 6.07) is 4.31. The molecule has 0 unspecified atom stereocenters. The lowest BCUT2D eigenvalue weighted by Gasteiger charge is -2.38. The number of carbonyl (C=O) groups excluding carboxylic acids is 4. The summed E-state index contributed by atoms with van der Waals surface area (Å²) in [6.07, 6.45) is -6.84. The molecule has 0 aromatic heterocycles. The maximum atomic E-state index is 12.0. The lowest BCUT2D eigenvalue weighted by molar-refractivity contribution is -0.271. The van der Waals surface area contributed by atoms with E-state index in [2.05, 4.69) is 5.32 Å².